The highest BCUT2D eigenvalue weighted by molar-refractivity contribution is 5.79. The Bertz CT molecular complexity index is 623. The maximum Gasteiger partial charge on any atom is 0.411 e. The average molecular weight is 348 g/mol. The van der Waals surface area contributed by atoms with Crippen LogP contribution < -0.4 is 0 Å². The van der Waals surface area contributed by atoms with Crippen molar-refractivity contribution in [2.24, 2.45) is 17.8 Å². The van der Waals surface area contributed by atoms with Crippen LogP contribution in [0.3, 0.4) is 0 Å². The van der Waals surface area contributed by atoms with Crippen LogP contribution in [0.25, 0.3) is 0 Å². The van der Waals surface area contributed by atoms with Crippen LogP contribution in [-0.2, 0) is 14.3 Å². The molecule has 2 bridgehead atoms. The minimum absolute atomic E-state index is 0.201. The molecule has 0 aromatic rings. The van der Waals surface area contributed by atoms with E-state index in [1.165, 1.54) is 11.3 Å². The Labute approximate surface area is 146 Å². The van der Waals surface area contributed by atoms with Gasteiger partial charge in [0.2, 0.25) is 5.91 Å². The summed E-state index contributed by atoms with van der Waals surface area (Å²) in [7, 11) is 0. The molecule has 3 atom stereocenters. The Hall–Kier alpha value is -2.05. The lowest BCUT2D eigenvalue weighted by atomic mass is 9.88. The Morgan fingerprint density at radius 1 is 1.24 bits per heavy atom. The Kier molecular flexibility index (Phi) is 3.96. The number of likely N-dealkylation sites (tertiary alicyclic amines) is 1. The number of carboxylic acid groups (broad SMARTS) is 1. The van der Waals surface area contributed by atoms with Crippen LogP contribution in [0, 0.1) is 17.8 Å². The van der Waals surface area contributed by atoms with E-state index < -0.39 is 17.7 Å². The molecule has 2 aliphatic carbocycles. The molecular formula is C18H24N2O5. The number of ether oxygens (including phenoxy) is 1. The SMILES string of the molecule is O=C(O)CN1CC2(CCN(C(=O)C[C@@H]3C[C@@H]4C=C[C@H]3C4)CC2)OC1=O. The fourth-order valence-corrected chi connectivity index (χ4v) is 4.88. The third kappa shape index (κ3) is 3.12. The van der Waals surface area contributed by atoms with Crippen LogP contribution in [-0.4, -0.2) is 64.7 Å². The van der Waals surface area contributed by atoms with Gasteiger partial charge in [-0.3, -0.25) is 14.5 Å². The van der Waals surface area contributed by atoms with Gasteiger partial charge in [0, 0.05) is 32.4 Å². The standard InChI is InChI=1S/C18H24N2O5/c21-15(9-14-8-12-1-2-13(14)7-12)19-5-3-18(4-6-19)11-20(10-16(22)23)17(24)25-18/h1-2,12-14H,3-11H2,(H,22,23)/t12-,13+,14+/m1/s1. The summed E-state index contributed by atoms with van der Waals surface area (Å²) in [5.74, 6) is 0.888. The van der Waals surface area contributed by atoms with E-state index in [0.717, 1.165) is 6.42 Å². The summed E-state index contributed by atoms with van der Waals surface area (Å²) < 4.78 is 5.48. The van der Waals surface area contributed by atoms with Crippen molar-refractivity contribution in [3.63, 3.8) is 0 Å². The van der Waals surface area contributed by atoms with Crippen molar-refractivity contribution in [1.29, 1.82) is 0 Å². The van der Waals surface area contributed by atoms with Gasteiger partial charge in [-0.05, 0) is 30.6 Å². The van der Waals surface area contributed by atoms with Crippen LogP contribution in [0.1, 0.15) is 32.1 Å². The smallest absolute Gasteiger partial charge is 0.411 e. The Morgan fingerprint density at radius 2 is 2.00 bits per heavy atom. The molecule has 2 amide bonds. The summed E-state index contributed by atoms with van der Waals surface area (Å²) in [4.78, 5) is 38.4. The summed E-state index contributed by atoms with van der Waals surface area (Å²) in [6, 6.07) is 0. The van der Waals surface area contributed by atoms with E-state index in [2.05, 4.69) is 12.2 Å². The van der Waals surface area contributed by atoms with Gasteiger partial charge in [-0.2, -0.15) is 0 Å². The number of piperidine rings is 1. The summed E-state index contributed by atoms with van der Waals surface area (Å²) in [6.45, 7) is 1.12. The van der Waals surface area contributed by atoms with E-state index in [4.69, 9.17) is 9.84 Å². The molecule has 0 aromatic heterocycles. The van der Waals surface area contributed by atoms with Crippen molar-refractivity contribution in [3.05, 3.63) is 12.2 Å². The van der Waals surface area contributed by atoms with Crippen LogP contribution >= 0.6 is 0 Å². The molecule has 2 saturated heterocycles. The zero-order valence-electron chi connectivity index (χ0n) is 14.2. The predicted molar refractivity (Wildman–Crippen MR) is 87.7 cm³/mol. The van der Waals surface area contributed by atoms with Crippen LogP contribution in [0.15, 0.2) is 12.2 Å². The van der Waals surface area contributed by atoms with Gasteiger partial charge in [-0.1, -0.05) is 12.2 Å². The third-order valence-electron chi connectivity index (χ3n) is 6.25. The lowest BCUT2D eigenvalue weighted by Crippen LogP contribution is -2.49. The number of rotatable bonds is 4. The molecule has 2 heterocycles. The molecule has 2 aliphatic heterocycles. The van der Waals surface area contributed by atoms with Crippen molar-refractivity contribution in [1.82, 2.24) is 9.80 Å². The van der Waals surface area contributed by atoms with E-state index in [9.17, 15) is 14.4 Å². The first-order valence-corrected chi connectivity index (χ1v) is 9.10. The molecule has 7 heteroatoms. The number of amides is 2. The molecule has 1 N–H and O–H groups in total. The highest BCUT2D eigenvalue weighted by atomic mass is 16.6. The van der Waals surface area contributed by atoms with Crippen LogP contribution in [0.4, 0.5) is 4.79 Å². The van der Waals surface area contributed by atoms with Crippen molar-refractivity contribution >= 4 is 18.0 Å². The molecule has 4 aliphatic rings. The summed E-state index contributed by atoms with van der Waals surface area (Å²) in [5.41, 5.74) is -0.627. The van der Waals surface area contributed by atoms with E-state index in [-0.39, 0.29) is 12.5 Å². The second-order valence-electron chi connectivity index (χ2n) is 7.93. The van der Waals surface area contributed by atoms with Gasteiger partial charge in [0.1, 0.15) is 12.1 Å². The molecule has 4 rings (SSSR count). The van der Waals surface area contributed by atoms with E-state index in [1.807, 2.05) is 4.90 Å². The molecule has 0 radical (unpaired) electrons. The fraction of sp³-hybridized carbons (Fsp3) is 0.722. The van der Waals surface area contributed by atoms with E-state index in [1.54, 1.807) is 0 Å². The number of carboxylic acids is 1. The third-order valence-corrected chi connectivity index (χ3v) is 6.25. The summed E-state index contributed by atoms with van der Waals surface area (Å²) in [5, 5.41) is 8.87. The van der Waals surface area contributed by atoms with Gasteiger partial charge in [-0.25, -0.2) is 4.79 Å². The van der Waals surface area contributed by atoms with Crippen molar-refractivity contribution in [2.75, 3.05) is 26.2 Å². The van der Waals surface area contributed by atoms with E-state index in [0.29, 0.717) is 56.7 Å². The molecule has 0 unspecified atom stereocenters. The maximum absolute atomic E-state index is 12.6. The first kappa shape index (κ1) is 16.4. The van der Waals surface area contributed by atoms with Gasteiger partial charge >= 0.3 is 12.1 Å². The average Bonchev–Trinajstić information content (AvgIpc) is 3.23. The highest BCUT2D eigenvalue weighted by Crippen LogP contribution is 2.45. The Morgan fingerprint density at radius 3 is 2.60 bits per heavy atom. The number of carbonyl (C=O) groups excluding carboxylic acids is 2. The number of carbonyl (C=O) groups is 3. The molecular weight excluding hydrogens is 324 g/mol. The number of hydrogen-bond acceptors (Lipinski definition) is 4. The normalized spacial score (nSPS) is 32.5. The molecule has 7 nitrogen and oxygen atoms in total. The summed E-state index contributed by atoms with van der Waals surface area (Å²) >= 11 is 0. The molecule has 136 valence electrons. The highest BCUT2D eigenvalue weighted by Gasteiger charge is 2.48. The number of fused-ring (bicyclic) bond motifs is 2. The quantitative estimate of drug-likeness (QED) is 0.778. The van der Waals surface area contributed by atoms with Crippen LogP contribution in [0.2, 0.25) is 0 Å². The number of nitrogens with zero attached hydrogens (tertiary/aromatic N) is 2. The van der Waals surface area contributed by atoms with Crippen molar-refractivity contribution in [2.45, 2.75) is 37.7 Å². The largest absolute Gasteiger partial charge is 0.480 e. The van der Waals surface area contributed by atoms with Gasteiger partial charge in [0.25, 0.3) is 0 Å². The monoisotopic (exact) mass is 348 g/mol. The number of hydrogen-bond donors (Lipinski definition) is 1. The number of aliphatic carboxylic acids is 1. The van der Waals surface area contributed by atoms with Gasteiger partial charge in [0.15, 0.2) is 0 Å². The van der Waals surface area contributed by atoms with Gasteiger partial charge < -0.3 is 14.7 Å². The van der Waals surface area contributed by atoms with Crippen molar-refractivity contribution < 1.29 is 24.2 Å². The topological polar surface area (TPSA) is 87.2 Å². The molecule has 25 heavy (non-hydrogen) atoms. The minimum atomic E-state index is -1.04. The second kappa shape index (κ2) is 6.04. The molecule has 1 spiro atoms. The predicted octanol–water partition coefficient (Wildman–Crippen LogP) is 1.49. The molecule has 3 fully saturated rings. The summed E-state index contributed by atoms with van der Waals surface area (Å²) in [6.07, 6.45) is 8.11. The second-order valence-corrected chi connectivity index (χ2v) is 7.93. The lowest BCUT2D eigenvalue weighted by molar-refractivity contribution is -0.137. The van der Waals surface area contributed by atoms with Crippen LogP contribution in [0.5, 0.6) is 0 Å². The Balaban J connectivity index is 1.29. The van der Waals surface area contributed by atoms with E-state index >= 15 is 0 Å². The first-order chi connectivity index (χ1) is 11.9. The van der Waals surface area contributed by atoms with Gasteiger partial charge in [-0.15, -0.1) is 0 Å². The molecule has 1 saturated carbocycles. The molecule has 0 aromatic carbocycles. The number of allylic oxidation sites excluding steroid dienone is 2. The first-order valence-electron chi connectivity index (χ1n) is 9.10. The zero-order valence-corrected chi connectivity index (χ0v) is 14.2. The van der Waals surface area contributed by atoms with Gasteiger partial charge in [0.05, 0.1) is 6.54 Å². The maximum atomic E-state index is 12.6. The fourth-order valence-electron chi connectivity index (χ4n) is 4.88. The van der Waals surface area contributed by atoms with Crippen molar-refractivity contribution in [3.8, 4) is 0 Å². The zero-order chi connectivity index (χ0) is 17.6. The minimum Gasteiger partial charge on any atom is -0.480 e. The lowest BCUT2D eigenvalue weighted by Gasteiger charge is -2.38.